The first-order valence-electron chi connectivity index (χ1n) is 13.3. The fraction of sp³-hybridized carbons (Fsp3) is 0.355. The zero-order valence-electron chi connectivity index (χ0n) is 21.5. The smallest absolute Gasteiger partial charge is 0.290 e. The van der Waals surface area contributed by atoms with Crippen molar-refractivity contribution in [3.8, 4) is 11.1 Å². The van der Waals surface area contributed by atoms with E-state index in [1.54, 1.807) is 0 Å². The molecule has 1 atom stereocenters. The predicted octanol–water partition coefficient (Wildman–Crippen LogP) is 4.51. The molecule has 3 fully saturated rings. The van der Waals surface area contributed by atoms with Gasteiger partial charge in [-0.3, -0.25) is 9.59 Å². The van der Waals surface area contributed by atoms with Crippen LogP contribution in [-0.4, -0.2) is 65.0 Å². The maximum atomic E-state index is 13.8. The van der Waals surface area contributed by atoms with Gasteiger partial charge in [-0.1, -0.05) is 66.7 Å². The van der Waals surface area contributed by atoms with E-state index < -0.39 is 5.60 Å². The van der Waals surface area contributed by atoms with E-state index in [-0.39, 0.29) is 18.4 Å². The summed E-state index contributed by atoms with van der Waals surface area (Å²) in [5.41, 5.74) is 1.67. The molecule has 0 aromatic heterocycles. The van der Waals surface area contributed by atoms with Crippen molar-refractivity contribution >= 4 is 24.1 Å². The highest BCUT2D eigenvalue weighted by atomic mass is 32.2. The number of nitrogens with one attached hydrogen (secondary N) is 1. The molecule has 3 heterocycles. The Morgan fingerprint density at radius 1 is 0.947 bits per heavy atom. The lowest BCUT2D eigenvalue weighted by Crippen LogP contribution is -2.68. The van der Waals surface area contributed by atoms with E-state index in [9.17, 15) is 9.90 Å². The molecule has 1 aliphatic carbocycles. The van der Waals surface area contributed by atoms with E-state index in [0.717, 1.165) is 47.3 Å². The molecule has 3 aromatic rings. The fourth-order valence-corrected chi connectivity index (χ4v) is 7.46. The standard InChI is InChI=1S/C30H32N2O2S.CH2O2/c33-29(30(34)26-13-6-4-11-24(26)25-12-5-7-14-27(25)30)31-28-21-32(18-15-22(28)16-19-32)17-8-20-35-23-9-2-1-3-10-23;2-1-3/h1-7,9-14,22,28,34H,8,15-21H2;1H,(H,2,3)/p+1/t22?,28-,32?;/m0./s1. The molecule has 0 unspecified atom stereocenters. The second-order valence-corrected chi connectivity index (χ2v) is 11.7. The number of amides is 1. The number of hydrogen-bond acceptors (Lipinski definition) is 4. The van der Waals surface area contributed by atoms with Gasteiger partial charge in [-0.15, -0.1) is 11.8 Å². The number of aliphatic hydroxyl groups is 1. The van der Waals surface area contributed by atoms with E-state index in [1.165, 1.54) is 24.4 Å². The van der Waals surface area contributed by atoms with Gasteiger partial charge >= 0.3 is 0 Å². The van der Waals surface area contributed by atoms with E-state index in [0.29, 0.717) is 17.0 Å². The van der Waals surface area contributed by atoms with Gasteiger partial charge in [0.15, 0.2) is 5.60 Å². The third kappa shape index (κ3) is 4.98. The Balaban J connectivity index is 0.000000937. The predicted molar refractivity (Wildman–Crippen MR) is 150 cm³/mol. The highest BCUT2D eigenvalue weighted by molar-refractivity contribution is 7.99. The number of piperidine rings is 3. The average Bonchev–Trinajstić information content (AvgIpc) is 3.22. The van der Waals surface area contributed by atoms with Crippen LogP contribution in [0.5, 0.6) is 0 Å². The van der Waals surface area contributed by atoms with Gasteiger partial charge in [0, 0.05) is 41.0 Å². The van der Waals surface area contributed by atoms with Gasteiger partial charge in [0.25, 0.3) is 12.4 Å². The number of hydrogen-bond donors (Lipinski definition) is 3. The first-order valence-corrected chi connectivity index (χ1v) is 14.3. The van der Waals surface area contributed by atoms with E-state index >= 15 is 0 Å². The van der Waals surface area contributed by atoms with Crippen molar-refractivity contribution in [2.24, 2.45) is 5.92 Å². The third-order valence-corrected chi connectivity index (χ3v) is 9.56. The Hall–Kier alpha value is -3.13. The lowest BCUT2D eigenvalue weighted by atomic mass is 9.80. The van der Waals surface area contributed by atoms with Crippen LogP contribution in [0.4, 0.5) is 0 Å². The van der Waals surface area contributed by atoms with E-state index in [1.807, 2.05) is 60.3 Å². The lowest BCUT2D eigenvalue weighted by molar-refractivity contribution is -0.943. The molecule has 3 aromatic carbocycles. The van der Waals surface area contributed by atoms with Crippen LogP contribution in [0, 0.1) is 5.92 Å². The van der Waals surface area contributed by atoms with Crippen LogP contribution in [0.15, 0.2) is 83.8 Å². The molecule has 6 nitrogen and oxygen atoms in total. The summed E-state index contributed by atoms with van der Waals surface area (Å²) in [6, 6.07) is 26.3. The summed E-state index contributed by atoms with van der Waals surface area (Å²) >= 11 is 1.93. The van der Waals surface area contributed by atoms with Crippen molar-refractivity contribution in [1.29, 1.82) is 0 Å². The molecule has 3 saturated heterocycles. The van der Waals surface area contributed by atoms with Crippen LogP contribution in [0.2, 0.25) is 0 Å². The van der Waals surface area contributed by atoms with Crippen LogP contribution >= 0.6 is 11.8 Å². The minimum absolute atomic E-state index is 0.121. The van der Waals surface area contributed by atoms with Crippen LogP contribution in [0.1, 0.15) is 30.4 Å². The molecular weight excluding hydrogens is 496 g/mol. The summed E-state index contributed by atoms with van der Waals surface area (Å²) in [5, 5.41) is 22.1. The summed E-state index contributed by atoms with van der Waals surface area (Å²) in [7, 11) is 0. The minimum Gasteiger partial charge on any atom is -0.483 e. The number of carboxylic acid groups (broad SMARTS) is 1. The Morgan fingerprint density at radius 2 is 1.50 bits per heavy atom. The maximum Gasteiger partial charge on any atom is 0.290 e. The Morgan fingerprint density at radius 3 is 2.11 bits per heavy atom. The van der Waals surface area contributed by atoms with Gasteiger partial charge in [-0.2, -0.15) is 0 Å². The first kappa shape index (κ1) is 26.5. The molecular formula is C31H35N2O4S+. The molecule has 4 aliphatic rings. The van der Waals surface area contributed by atoms with Crippen molar-refractivity contribution in [1.82, 2.24) is 5.32 Å². The monoisotopic (exact) mass is 531 g/mol. The zero-order chi connectivity index (χ0) is 26.6. The summed E-state index contributed by atoms with van der Waals surface area (Å²) in [6.45, 7) is 4.31. The van der Waals surface area contributed by atoms with Crippen molar-refractivity contribution in [3.63, 3.8) is 0 Å². The molecule has 3 N–H and O–H groups in total. The van der Waals surface area contributed by atoms with Gasteiger partial charge in [0.1, 0.15) is 0 Å². The minimum atomic E-state index is -1.63. The summed E-state index contributed by atoms with van der Waals surface area (Å²) in [5.74, 6) is 1.36. The van der Waals surface area contributed by atoms with Gasteiger partial charge in [-0.05, 0) is 29.2 Å². The molecule has 3 aliphatic heterocycles. The summed E-state index contributed by atoms with van der Waals surface area (Å²) < 4.78 is 1.10. The van der Waals surface area contributed by atoms with Crippen LogP contribution in [0.3, 0.4) is 0 Å². The zero-order valence-corrected chi connectivity index (χ0v) is 22.3. The largest absolute Gasteiger partial charge is 0.483 e. The Kier molecular flexibility index (Phi) is 7.88. The molecule has 0 saturated carbocycles. The van der Waals surface area contributed by atoms with Crippen LogP contribution in [-0.2, 0) is 15.2 Å². The number of nitrogens with zero attached hydrogens (tertiary/aromatic N) is 1. The summed E-state index contributed by atoms with van der Waals surface area (Å²) in [4.78, 5) is 23.5. The third-order valence-electron chi connectivity index (χ3n) is 8.46. The number of thioether (sulfide) groups is 1. The second-order valence-electron chi connectivity index (χ2n) is 10.5. The topological polar surface area (TPSA) is 86.6 Å². The van der Waals surface area contributed by atoms with Gasteiger partial charge < -0.3 is 20.0 Å². The number of rotatable bonds is 7. The number of fused-ring (bicyclic) bond motifs is 6. The van der Waals surface area contributed by atoms with Crippen LogP contribution < -0.4 is 5.32 Å². The van der Waals surface area contributed by atoms with Crippen molar-refractivity contribution in [2.75, 3.05) is 31.9 Å². The van der Waals surface area contributed by atoms with Crippen molar-refractivity contribution in [3.05, 3.63) is 90.0 Å². The highest BCUT2D eigenvalue weighted by Crippen LogP contribution is 2.47. The number of carbonyl (C=O) groups excluding carboxylic acids is 1. The molecule has 7 heteroatoms. The van der Waals surface area contributed by atoms with E-state index in [4.69, 9.17) is 9.90 Å². The first-order chi connectivity index (χ1) is 18.5. The molecule has 38 heavy (non-hydrogen) atoms. The van der Waals surface area contributed by atoms with Gasteiger partial charge in [-0.25, -0.2) is 0 Å². The Bertz CT molecular complexity index is 1230. The SMILES string of the molecule is O=C(N[C@H]1C[N+]2(CCCSc3ccccc3)CCC1CC2)C1(O)c2ccccc2-c2ccccc21.O=CO. The van der Waals surface area contributed by atoms with Gasteiger partial charge in [0.05, 0.1) is 32.2 Å². The maximum absolute atomic E-state index is 13.8. The molecule has 2 bridgehead atoms. The molecule has 7 rings (SSSR count). The number of benzene rings is 3. The quantitative estimate of drug-likeness (QED) is 0.181. The Labute approximate surface area is 228 Å². The average molecular weight is 532 g/mol. The molecule has 1 amide bonds. The van der Waals surface area contributed by atoms with Crippen molar-refractivity contribution < 1.29 is 24.3 Å². The van der Waals surface area contributed by atoms with Crippen LogP contribution in [0.25, 0.3) is 11.1 Å². The summed E-state index contributed by atoms with van der Waals surface area (Å²) in [6.07, 6.45) is 3.49. The molecule has 198 valence electrons. The second kappa shape index (κ2) is 11.3. The van der Waals surface area contributed by atoms with Crippen molar-refractivity contribution in [2.45, 2.75) is 35.8 Å². The molecule has 0 radical (unpaired) electrons. The number of quaternary nitrogens is 1. The van der Waals surface area contributed by atoms with Gasteiger partial charge in [0.2, 0.25) is 0 Å². The molecule has 0 spiro atoms. The fourth-order valence-electron chi connectivity index (χ4n) is 6.60. The van der Waals surface area contributed by atoms with E-state index in [2.05, 4.69) is 35.6 Å². The number of carbonyl (C=O) groups is 2. The lowest BCUT2D eigenvalue weighted by Gasteiger charge is -2.53. The normalized spacial score (nSPS) is 23.9. The highest BCUT2D eigenvalue weighted by Gasteiger charge is 2.51.